The van der Waals surface area contributed by atoms with E-state index in [4.69, 9.17) is 0 Å². The average molecular weight is 456 g/mol. The molecular weight excluding hydrogens is 437 g/mol. The first-order chi connectivity index (χ1) is 15.3. The zero-order chi connectivity index (χ0) is 22.7. The molecule has 32 heavy (non-hydrogen) atoms. The van der Waals surface area contributed by atoms with Gasteiger partial charge in [-0.2, -0.15) is 13.2 Å². The topological polar surface area (TPSA) is 49.4 Å². The van der Waals surface area contributed by atoms with E-state index < -0.39 is 17.6 Å². The summed E-state index contributed by atoms with van der Waals surface area (Å²) in [5, 5.41) is 2.37. The van der Waals surface area contributed by atoms with Crippen molar-refractivity contribution in [2.75, 3.05) is 16.8 Å². The summed E-state index contributed by atoms with van der Waals surface area (Å²) in [7, 11) is 0. The number of halogens is 3. The highest BCUT2D eigenvalue weighted by molar-refractivity contribution is 7.99. The Morgan fingerprint density at radius 2 is 1.72 bits per heavy atom. The summed E-state index contributed by atoms with van der Waals surface area (Å²) in [6, 6.07) is 21.4. The molecule has 0 aliphatic carbocycles. The summed E-state index contributed by atoms with van der Waals surface area (Å²) in [4.78, 5) is 28.0. The lowest BCUT2D eigenvalue weighted by molar-refractivity contribution is -0.137. The van der Waals surface area contributed by atoms with E-state index in [0.29, 0.717) is 5.69 Å². The third-order valence-electron chi connectivity index (χ3n) is 5.03. The van der Waals surface area contributed by atoms with Crippen LogP contribution in [0.3, 0.4) is 0 Å². The van der Waals surface area contributed by atoms with Crippen molar-refractivity contribution in [1.82, 2.24) is 0 Å². The molecule has 0 saturated heterocycles. The Balaban J connectivity index is 1.56. The first-order valence-electron chi connectivity index (χ1n) is 9.89. The fraction of sp³-hybridized carbons (Fsp3) is 0.167. The van der Waals surface area contributed by atoms with E-state index in [1.807, 2.05) is 42.5 Å². The molecule has 1 atom stereocenters. The van der Waals surface area contributed by atoms with Crippen molar-refractivity contribution in [2.45, 2.75) is 22.7 Å². The number of hydrogen-bond acceptors (Lipinski definition) is 3. The molecular formula is C24H19F3N2O2S. The highest BCUT2D eigenvalue weighted by atomic mass is 32.2. The highest BCUT2D eigenvalue weighted by Gasteiger charge is 2.32. The SMILES string of the molecule is O=C(CN1C(=O)C[C@H](c2ccccc2)Sc2ccccc21)Nc1cccc(C(F)(F)F)c1. The zero-order valence-corrected chi connectivity index (χ0v) is 17.6. The molecule has 0 fully saturated rings. The maximum absolute atomic E-state index is 13.1. The fourth-order valence-electron chi connectivity index (χ4n) is 3.52. The van der Waals surface area contributed by atoms with Gasteiger partial charge in [0.15, 0.2) is 0 Å². The number of anilines is 2. The number of thioether (sulfide) groups is 1. The van der Waals surface area contributed by atoms with Crippen LogP contribution in [-0.2, 0) is 15.8 Å². The van der Waals surface area contributed by atoms with Crippen molar-refractivity contribution >= 4 is 35.0 Å². The van der Waals surface area contributed by atoms with Crippen molar-refractivity contribution in [3.8, 4) is 0 Å². The van der Waals surface area contributed by atoms with Crippen LogP contribution in [0.4, 0.5) is 24.5 Å². The van der Waals surface area contributed by atoms with Gasteiger partial charge in [0.1, 0.15) is 6.54 Å². The summed E-state index contributed by atoms with van der Waals surface area (Å²) in [6.45, 7) is -0.297. The second-order valence-electron chi connectivity index (χ2n) is 7.30. The number of hydrogen-bond donors (Lipinski definition) is 1. The van der Waals surface area contributed by atoms with Crippen LogP contribution >= 0.6 is 11.8 Å². The number of benzene rings is 3. The number of carbonyl (C=O) groups is 2. The molecule has 2 amide bonds. The van der Waals surface area contributed by atoms with Crippen LogP contribution in [0.1, 0.15) is 22.8 Å². The number of amides is 2. The number of rotatable bonds is 4. The van der Waals surface area contributed by atoms with Crippen LogP contribution in [0, 0.1) is 0 Å². The molecule has 0 spiro atoms. The number of para-hydroxylation sites is 1. The molecule has 1 aliphatic rings. The number of nitrogens with zero attached hydrogens (tertiary/aromatic N) is 1. The predicted octanol–water partition coefficient (Wildman–Crippen LogP) is 5.91. The Hall–Kier alpha value is -3.26. The van der Waals surface area contributed by atoms with E-state index in [1.54, 1.807) is 23.9 Å². The normalized spacial score (nSPS) is 16.3. The first-order valence-corrected chi connectivity index (χ1v) is 10.8. The van der Waals surface area contributed by atoms with Gasteiger partial charge in [0, 0.05) is 22.3 Å². The van der Waals surface area contributed by atoms with Crippen LogP contribution in [0.25, 0.3) is 0 Å². The number of nitrogens with one attached hydrogen (secondary N) is 1. The van der Waals surface area contributed by atoms with Gasteiger partial charge in [-0.1, -0.05) is 48.5 Å². The van der Waals surface area contributed by atoms with Crippen LogP contribution < -0.4 is 10.2 Å². The third-order valence-corrected chi connectivity index (χ3v) is 6.36. The van der Waals surface area contributed by atoms with Crippen molar-refractivity contribution in [3.05, 3.63) is 90.0 Å². The first kappa shape index (κ1) is 22.0. The molecule has 3 aromatic rings. The summed E-state index contributed by atoms with van der Waals surface area (Å²) < 4.78 is 38.8. The fourth-order valence-corrected chi connectivity index (χ4v) is 4.80. The standard InChI is InChI=1S/C24H19F3N2O2S/c25-24(26,27)17-9-6-10-18(13-17)28-22(30)15-29-19-11-4-5-12-20(19)32-21(14-23(29)31)16-7-2-1-3-8-16/h1-13,21H,14-15H2,(H,28,30)/t21-/m1/s1. The van der Waals surface area contributed by atoms with E-state index in [2.05, 4.69) is 5.32 Å². The lowest BCUT2D eigenvalue weighted by atomic mass is 10.1. The van der Waals surface area contributed by atoms with Gasteiger partial charge >= 0.3 is 6.18 Å². The Morgan fingerprint density at radius 3 is 2.47 bits per heavy atom. The molecule has 1 heterocycles. The quantitative estimate of drug-likeness (QED) is 0.531. The predicted molar refractivity (Wildman–Crippen MR) is 119 cm³/mol. The third kappa shape index (κ3) is 4.96. The molecule has 4 nitrogen and oxygen atoms in total. The minimum atomic E-state index is -4.51. The van der Waals surface area contributed by atoms with Gasteiger partial charge in [-0.15, -0.1) is 11.8 Å². The molecule has 8 heteroatoms. The molecule has 0 aromatic heterocycles. The van der Waals surface area contributed by atoms with Gasteiger partial charge in [0.25, 0.3) is 0 Å². The van der Waals surface area contributed by atoms with Gasteiger partial charge in [-0.05, 0) is 35.9 Å². The van der Waals surface area contributed by atoms with Gasteiger partial charge in [-0.3, -0.25) is 9.59 Å². The molecule has 1 N–H and O–H groups in total. The maximum atomic E-state index is 13.1. The Morgan fingerprint density at radius 1 is 1.00 bits per heavy atom. The smallest absolute Gasteiger partial charge is 0.325 e. The average Bonchev–Trinajstić information content (AvgIpc) is 2.91. The van der Waals surface area contributed by atoms with E-state index in [9.17, 15) is 22.8 Å². The van der Waals surface area contributed by atoms with Crippen LogP contribution in [-0.4, -0.2) is 18.4 Å². The molecule has 3 aromatic carbocycles. The van der Waals surface area contributed by atoms with Gasteiger partial charge in [0.2, 0.25) is 11.8 Å². The largest absolute Gasteiger partial charge is 0.416 e. The van der Waals surface area contributed by atoms with Crippen molar-refractivity contribution in [3.63, 3.8) is 0 Å². The lowest BCUT2D eigenvalue weighted by Crippen LogP contribution is -2.38. The van der Waals surface area contributed by atoms with E-state index >= 15 is 0 Å². The lowest BCUT2D eigenvalue weighted by Gasteiger charge is -2.22. The monoisotopic (exact) mass is 456 g/mol. The maximum Gasteiger partial charge on any atom is 0.416 e. The van der Waals surface area contributed by atoms with Crippen LogP contribution in [0.5, 0.6) is 0 Å². The minimum absolute atomic E-state index is 0.0249. The molecule has 4 rings (SSSR count). The Bertz CT molecular complexity index is 1140. The van der Waals surface area contributed by atoms with Crippen LogP contribution in [0.15, 0.2) is 83.8 Å². The summed E-state index contributed by atoms with van der Waals surface area (Å²) >= 11 is 1.55. The molecule has 0 unspecified atom stereocenters. The summed E-state index contributed by atoms with van der Waals surface area (Å²) in [6.07, 6.45) is -4.32. The second kappa shape index (κ2) is 9.08. The summed E-state index contributed by atoms with van der Waals surface area (Å²) in [5.41, 5.74) is 0.793. The Kier molecular flexibility index (Phi) is 6.23. The molecule has 0 radical (unpaired) electrons. The number of carbonyl (C=O) groups excluding carboxylic acids is 2. The van der Waals surface area contributed by atoms with E-state index in [1.165, 1.54) is 17.0 Å². The van der Waals surface area contributed by atoms with Crippen LogP contribution in [0.2, 0.25) is 0 Å². The van der Waals surface area contributed by atoms with E-state index in [0.717, 1.165) is 22.6 Å². The van der Waals surface area contributed by atoms with Crippen molar-refractivity contribution in [1.29, 1.82) is 0 Å². The second-order valence-corrected chi connectivity index (χ2v) is 8.54. The summed E-state index contributed by atoms with van der Waals surface area (Å²) in [5.74, 6) is -0.800. The van der Waals surface area contributed by atoms with Crippen molar-refractivity contribution < 1.29 is 22.8 Å². The molecule has 1 aliphatic heterocycles. The molecule has 164 valence electrons. The Labute approximate surface area is 187 Å². The van der Waals surface area contributed by atoms with Gasteiger partial charge < -0.3 is 10.2 Å². The zero-order valence-electron chi connectivity index (χ0n) is 16.8. The highest BCUT2D eigenvalue weighted by Crippen LogP contribution is 2.45. The number of fused-ring (bicyclic) bond motifs is 1. The minimum Gasteiger partial charge on any atom is -0.325 e. The van der Waals surface area contributed by atoms with Gasteiger partial charge in [0.05, 0.1) is 11.3 Å². The van der Waals surface area contributed by atoms with Gasteiger partial charge in [-0.25, -0.2) is 0 Å². The molecule has 0 bridgehead atoms. The van der Waals surface area contributed by atoms with E-state index in [-0.39, 0.29) is 29.8 Å². The van der Waals surface area contributed by atoms with Crippen molar-refractivity contribution in [2.24, 2.45) is 0 Å². The number of alkyl halides is 3. The molecule has 0 saturated carbocycles.